The quantitative estimate of drug-likeness (QED) is 0.239. The molecule has 1 aromatic heterocycles. The number of hydrogen-bond acceptors (Lipinski definition) is 6. The normalized spacial score (nSPS) is 37.3. The van der Waals surface area contributed by atoms with Crippen LogP contribution in [0.25, 0.3) is 10.9 Å². The number of hydrogen-bond donors (Lipinski definition) is 6. The molecule has 0 unspecified atom stereocenters. The summed E-state index contributed by atoms with van der Waals surface area (Å²) in [6.07, 6.45) is 4.19. The molecule has 9 heteroatoms. The first-order valence-corrected chi connectivity index (χ1v) is 15.1. The highest BCUT2D eigenvalue weighted by Crippen LogP contribution is 2.55. The largest absolute Gasteiger partial charge is 0.388 e. The Kier molecular flexibility index (Phi) is 8.53. The Hall–Kier alpha value is -3.53. The fourth-order valence-corrected chi connectivity index (χ4v) is 7.71. The number of H-pyrrole nitrogens is 1. The number of rotatable bonds is 3. The van der Waals surface area contributed by atoms with Crippen LogP contribution < -0.4 is 10.6 Å². The summed E-state index contributed by atoms with van der Waals surface area (Å²) in [5.41, 5.74) is 2.32. The number of amides is 2. The van der Waals surface area contributed by atoms with Crippen LogP contribution in [0.15, 0.2) is 65.4 Å². The van der Waals surface area contributed by atoms with Crippen molar-refractivity contribution >= 4 is 28.5 Å². The van der Waals surface area contributed by atoms with Gasteiger partial charge in [-0.1, -0.05) is 48.9 Å². The maximum absolute atomic E-state index is 14.7. The van der Waals surface area contributed by atoms with Crippen molar-refractivity contribution in [3.63, 3.8) is 0 Å². The molecular weight excluding hydrogens is 546 g/mol. The molecule has 0 radical (unpaired) electrons. The highest BCUT2D eigenvalue weighted by Gasteiger charge is 2.67. The van der Waals surface area contributed by atoms with E-state index in [0.29, 0.717) is 18.4 Å². The number of aromatic nitrogens is 1. The zero-order valence-corrected chi connectivity index (χ0v) is 25.4. The second kappa shape index (κ2) is 11.9. The van der Waals surface area contributed by atoms with E-state index in [-0.39, 0.29) is 5.92 Å². The van der Waals surface area contributed by atoms with Gasteiger partial charge in [0.2, 0.25) is 11.8 Å². The number of Topliss-reactive ketones (excluding diaryl/α,β-unsaturated/α-hetero) is 1. The van der Waals surface area contributed by atoms with E-state index in [1.807, 2.05) is 63.4 Å². The molecule has 3 aliphatic rings. The fourth-order valence-electron chi connectivity index (χ4n) is 7.71. The Morgan fingerprint density at radius 2 is 1.79 bits per heavy atom. The summed E-state index contributed by atoms with van der Waals surface area (Å²) in [7, 11) is 0. The highest BCUT2D eigenvalue weighted by atomic mass is 16.3. The third-order valence-electron chi connectivity index (χ3n) is 9.95. The average Bonchev–Trinajstić information content (AvgIpc) is 3.50. The van der Waals surface area contributed by atoms with Gasteiger partial charge in [0.05, 0.1) is 12.1 Å². The molecule has 2 aliphatic carbocycles. The van der Waals surface area contributed by atoms with Crippen LogP contribution in [-0.4, -0.2) is 68.3 Å². The monoisotopic (exact) mass is 589 g/mol. The Balaban J connectivity index is 1.66. The van der Waals surface area contributed by atoms with Gasteiger partial charge >= 0.3 is 0 Å². The van der Waals surface area contributed by atoms with Crippen LogP contribution in [-0.2, 0) is 20.8 Å². The second-order valence-corrected chi connectivity index (χ2v) is 12.7. The summed E-state index contributed by atoms with van der Waals surface area (Å²) in [6, 6.07) is 6.32. The molecule has 2 amide bonds. The van der Waals surface area contributed by atoms with E-state index < -0.39 is 71.7 Å². The molecule has 0 bridgehead atoms. The Morgan fingerprint density at radius 1 is 1.07 bits per heavy atom. The van der Waals surface area contributed by atoms with E-state index in [4.69, 9.17) is 0 Å². The second-order valence-electron chi connectivity index (χ2n) is 12.7. The lowest BCUT2D eigenvalue weighted by molar-refractivity contribution is -0.148. The smallest absolute Gasteiger partial charge is 0.235 e. The van der Waals surface area contributed by atoms with Crippen molar-refractivity contribution in [2.45, 2.75) is 84.3 Å². The van der Waals surface area contributed by atoms with Crippen molar-refractivity contribution in [2.75, 3.05) is 0 Å². The van der Waals surface area contributed by atoms with E-state index in [1.165, 1.54) is 6.92 Å². The summed E-state index contributed by atoms with van der Waals surface area (Å²) in [5, 5.41) is 40.8. The van der Waals surface area contributed by atoms with Crippen LogP contribution in [0.5, 0.6) is 0 Å². The molecule has 9 atom stereocenters. The lowest BCUT2D eigenvalue weighted by Gasteiger charge is -2.46. The first-order valence-electron chi connectivity index (χ1n) is 15.1. The number of benzene rings is 1. The minimum Gasteiger partial charge on any atom is -0.388 e. The van der Waals surface area contributed by atoms with Gasteiger partial charge in [0, 0.05) is 48.3 Å². The maximum Gasteiger partial charge on any atom is 0.235 e. The average molecular weight is 590 g/mol. The Labute approximate surface area is 252 Å². The molecule has 5 rings (SSSR count). The van der Waals surface area contributed by atoms with Crippen molar-refractivity contribution < 1.29 is 29.7 Å². The summed E-state index contributed by atoms with van der Waals surface area (Å²) >= 11 is 0. The number of aliphatic hydroxyl groups is 3. The lowest BCUT2D eigenvalue weighted by atomic mass is 9.54. The van der Waals surface area contributed by atoms with Crippen LogP contribution in [0.3, 0.4) is 0 Å². The Morgan fingerprint density at radius 3 is 2.51 bits per heavy atom. The minimum absolute atomic E-state index is 0.0355. The van der Waals surface area contributed by atoms with Gasteiger partial charge in [-0.2, -0.15) is 0 Å². The van der Waals surface area contributed by atoms with Crippen molar-refractivity contribution in [3.8, 4) is 0 Å². The van der Waals surface area contributed by atoms with Gasteiger partial charge in [0.25, 0.3) is 0 Å². The molecule has 1 aliphatic heterocycles. The van der Waals surface area contributed by atoms with Crippen LogP contribution in [0.4, 0.5) is 0 Å². The standard InChI is InChI=1S/C34H43N3O6/c1-17-9-8-11-24-31(41)20(4)19(3)29-26(14-22-16-35-25-12-7-6-10-23(22)25)37-33(43)34(24,29)28(39)15-27(36-21(5)38)32(42)30(40)18(2)13-17/h6-8,10-13,16-17,24,26-27,29-32,35,40-42H,9,14-15H2,1-5H3,(H,36,38)(H,37,43)/b11-8+,18-13-/t17-,24-,26+,27+,29-,30+,31-,32-,34-/m0/s1. The molecule has 1 spiro atoms. The molecule has 6 N–H and O–H groups in total. The summed E-state index contributed by atoms with van der Waals surface area (Å²) < 4.78 is 0. The maximum atomic E-state index is 14.7. The third-order valence-corrected chi connectivity index (χ3v) is 9.95. The number of ketones is 1. The third kappa shape index (κ3) is 5.28. The Bertz CT molecular complexity index is 1520. The first kappa shape index (κ1) is 30.9. The topological polar surface area (TPSA) is 152 Å². The lowest BCUT2D eigenvalue weighted by Crippen LogP contribution is -2.58. The predicted octanol–water partition coefficient (Wildman–Crippen LogP) is 2.87. The number of carbonyl (C=O) groups is 3. The van der Waals surface area contributed by atoms with Gasteiger partial charge in [0.15, 0.2) is 5.78 Å². The summed E-state index contributed by atoms with van der Waals surface area (Å²) in [5.74, 6) is -2.91. The molecule has 1 aromatic carbocycles. The molecule has 1 fully saturated rings. The van der Waals surface area contributed by atoms with Gasteiger partial charge in [-0.15, -0.1) is 0 Å². The zero-order valence-electron chi connectivity index (χ0n) is 25.4. The van der Waals surface area contributed by atoms with Gasteiger partial charge in [-0.05, 0) is 62.3 Å². The molecule has 2 aromatic rings. The van der Waals surface area contributed by atoms with Gasteiger partial charge < -0.3 is 30.9 Å². The van der Waals surface area contributed by atoms with Crippen molar-refractivity contribution in [2.24, 2.45) is 23.2 Å². The van der Waals surface area contributed by atoms with Gasteiger partial charge in [-0.25, -0.2) is 0 Å². The number of allylic oxidation sites excluding steroid dienone is 2. The van der Waals surface area contributed by atoms with Gasteiger partial charge in [-0.3, -0.25) is 14.4 Å². The molecule has 2 heterocycles. The highest BCUT2D eigenvalue weighted by molar-refractivity contribution is 6.10. The van der Waals surface area contributed by atoms with Crippen LogP contribution >= 0.6 is 0 Å². The number of carbonyl (C=O) groups excluding carboxylic acids is 3. The van der Waals surface area contributed by atoms with Crippen molar-refractivity contribution in [1.29, 1.82) is 0 Å². The van der Waals surface area contributed by atoms with Crippen LogP contribution in [0.2, 0.25) is 0 Å². The zero-order chi connectivity index (χ0) is 31.2. The predicted molar refractivity (Wildman–Crippen MR) is 164 cm³/mol. The number of aromatic amines is 1. The number of nitrogens with one attached hydrogen (secondary N) is 3. The fraction of sp³-hybridized carbons (Fsp3) is 0.500. The van der Waals surface area contributed by atoms with Gasteiger partial charge in [0.1, 0.15) is 17.6 Å². The number of aliphatic hydroxyl groups excluding tert-OH is 3. The van der Waals surface area contributed by atoms with Crippen LogP contribution in [0.1, 0.15) is 53.0 Å². The van der Waals surface area contributed by atoms with E-state index in [0.717, 1.165) is 27.6 Å². The van der Waals surface area contributed by atoms with E-state index >= 15 is 0 Å². The van der Waals surface area contributed by atoms with E-state index in [1.54, 1.807) is 13.0 Å². The van der Waals surface area contributed by atoms with E-state index in [9.17, 15) is 29.7 Å². The summed E-state index contributed by atoms with van der Waals surface area (Å²) in [4.78, 5) is 44.6. The minimum atomic E-state index is -1.68. The molecular formula is C34H43N3O6. The van der Waals surface area contributed by atoms with Crippen molar-refractivity contribution in [3.05, 3.63) is 71.0 Å². The SMILES string of the molecule is CC(=O)N[C@@H]1CC(=O)[C@]23C(=O)N[C@H](Cc4c[nH]c5ccccc45)[C@@H]2C(C)=C(C)[C@H](O)[C@@H]3/C=C/C[C@H](C)/C=C(/C)[C@@H](O)[C@H]1O. The number of fused-ring (bicyclic) bond motifs is 1. The van der Waals surface area contributed by atoms with E-state index in [2.05, 4.69) is 15.6 Å². The molecule has 1 saturated heterocycles. The van der Waals surface area contributed by atoms with Crippen LogP contribution in [0, 0.1) is 23.2 Å². The summed E-state index contributed by atoms with van der Waals surface area (Å²) in [6.45, 7) is 8.68. The molecule has 9 nitrogen and oxygen atoms in total. The molecule has 0 saturated carbocycles. The molecule has 230 valence electrons. The molecule has 43 heavy (non-hydrogen) atoms. The van der Waals surface area contributed by atoms with Crippen molar-refractivity contribution in [1.82, 2.24) is 15.6 Å². The first-order chi connectivity index (χ1) is 20.4. The number of para-hydroxylation sites is 1.